The molecule has 0 spiro atoms. The number of aliphatic hydroxyl groups is 1. The van der Waals surface area contributed by atoms with Crippen molar-refractivity contribution < 1.29 is 14.6 Å². The number of nitrogens with one attached hydrogen (secondary N) is 1. The first-order chi connectivity index (χ1) is 16.0. The zero-order valence-electron chi connectivity index (χ0n) is 18.7. The summed E-state index contributed by atoms with van der Waals surface area (Å²) in [7, 11) is 1.90. The highest BCUT2D eigenvalue weighted by atomic mass is 16.5. The molecule has 2 N–H and O–H groups in total. The molecule has 33 heavy (non-hydrogen) atoms. The molecule has 1 aliphatic heterocycles. The number of carbonyl (C=O) groups is 1. The SMILES string of the molecule is Cc1cnc2c(C(=O)N[C@H]3CCOC[C@@H]3O)cn(Cc3ccc(-c4ccn(C)n4)cc3)c2c1. The van der Waals surface area contributed by atoms with Gasteiger partial charge in [0.25, 0.3) is 5.91 Å². The summed E-state index contributed by atoms with van der Waals surface area (Å²) in [5.74, 6) is -0.230. The van der Waals surface area contributed by atoms with Crippen molar-refractivity contribution in [2.24, 2.45) is 7.05 Å². The van der Waals surface area contributed by atoms with E-state index in [0.29, 0.717) is 30.7 Å². The van der Waals surface area contributed by atoms with Crippen molar-refractivity contribution in [1.82, 2.24) is 24.6 Å². The molecule has 5 rings (SSSR count). The number of carbonyl (C=O) groups excluding carboxylic acids is 1. The highest BCUT2D eigenvalue weighted by Crippen LogP contribution is 2.24. The van der Waals surface area contributed by atoms with Crippen LogP contribution in [0.15, 0.2) is 55.0 Å². The normalized spacial score (nSPS) is 18.5. The largest absolute Gasteiger partial charge is 0.389 e. The lowest BCUT2D eigenvalue weighted by Gasteiger charge is -2.28. The number of hydrogen-bond donors (Lipinski definition) is 2. The molecule has 1 saturated heterocycles. The lowest BCUT2D eigenvalue weighted by molar-refractivity contribution is -0.0260. The highest BCUT2D eigenvalue weighted by Gasteiger charge is 2.27. The molecule has 0 aliphatic carbocycles. The van der Waals surface area contributed by atoms with E-state index < -0.39 is 6.10 Å². The van der Waals surface area contributed by atoms with Crippen molar-refractivity contribution in [1.29, 1.82) is 0 Å². The van der Waals surface area contributed by atoms with E-state index in [1.54, 1.807) is 10.9 Å². The Morgan fingerprint density at radius 3 is 2.82 bits per heavy atom. The molecule has 3 aromatic heterocycles. The fraction of sp³-hybridized carbons (Fsp3) is 0.320. The van der Waals surface area contributed by atoms with Crippen LogP contribution >= 0.6 is 0 Å². The van der Waals surface area contributed by atoms with Crippen LogP contribution < -0.4 is 5.32 Å². The van der Waals surface area contributed by atoms with Gasteiger partial charge in [-0.3, -0.25) is 14.5 Å². The molecule has 4 aromatic rings. The molecule has 0 radical (unpaired) electrons. The smallest absolute Gasteiger partial charge is 0.255 e. The predicted molar refractivity (Wildman–Crippen MR) is 125 cm³/mol. The van der Waals surface area contributed by atoms with E-state index in [4.69, 9.17) is 4.74 Å². The Balaban J connectivity index is 1.42. The minimum absolute atomic E-state index is 0.230. The maximum absolute atomic E-state index is 13.1. The van der Waals surface area contributed by atoms with Gasteiger partial charge in [0.2, 0.25) is 0 Å². The predicted octanol–water partition coefficient (Wildman–Crippen LogP) is 2.67. The third kappa shape index (κ3) is 4.40. The number of hydrogen-bond acceptors (Lipinski definition) is 5. The molecule has 1 aromatic carbocycles. The maximum Gasteiger partial charge on any atom is 0.255 e. The number of fused-ring (bicyclic) bond motifs is 1. The molecule has 8 heteroatoms. The van der Waals surface area contributed by atoms with E-state index in [0.717, 1.165) is 27.9 Å². The number of amides is 1. The van der Waals surface area contributed by atoms with Gasteiger partial charge in [0.1, 0.15) is 5.52 Å². The molecule has 170 valence electrons. The number of pyridine rings is 1. The van der Waals surface area contributed by atoms with Gasteiger partial charge in [-0.05, 0) is 36.6 Å². The van der Waals surface area contributed by atoms with Gasteiger partial charge in [0.05, 0.1) is 35.5 Å². The molecule has 8 nitrogen and oxygen atoms in total. The molecule has 0 bridgehead atoms. The highest BCUT2D eigenvalue weighted by molar-refractivity contribution is 6.05. The van der Waals surface area contributed by atoms with Crippen molar-refractivity contribution in [3.63, 3.8) is 0 Å². The van der Waals surface area contributed by atoms with Crippen molar-refractivity contribution >= 4 is 16.9 Å². The van der Waals surface area contributed by atoms with E-state index in [2.05, 4.69) is 44.2 Å². The Hall–Kier alpha value is -3.49. The summed E-state index contributed by atoms with van der Waals surface area (Å²) in [6.07, 6.45) is 5.43. The van der Waals surface area contributed by atoms with Crippen LogP contribution in [-0.4, -0.2) is 55.7 Å². The first-order valence-corrected chi connectivity index (χ1v) is 11.1. The van der Waals surface area contributed by atoms with Crippen molar-refractivity contribution in [3.8, 4) is 11.3 Å². The van der Waals surface area contributed by atoms with Gasteiger partial charge in [-0.2, -0.15) is 5.10 Å². The summed E-state index contributed by atoms with van der Waals surface area (Å²) in [5.41, 5.74) is 6.20. The number of ether oxygens (including phenoxy) is 1. The molecular formula is C25H27N5O3. The van der Waals surface area contributed by atoms with Crippen molar-refractivity contribution in [3.05, 3.63) is 71.7 Å². The molecule has 1 aliphatic rings. The summed E-state index contributed by atoms with van der Waals surface area (Å²) in [6.45, 7) is 3.36. The summed E-state index contributed by atoms with van der Waals surface area (Å²) < 4.78 is 9.11. The first-order valence-electron chi connectivity index (χ1n) is 11.1. The van der Waals surface area contributed by atoms with Gasteiger partial charge < -0.3 is 19.7 Å². The Labute approximate surface area is 191 Å². The summed E-state index contributed by atoms with van der Waals surface area (Å²) in [5, 5.41) is 17.6. The Morgan fingerprint density at radius 1 is 1.27 bits per heavy atom. The summed E-state index contributed by atoms with van der Waals surface area (Å²) >= 11 is 0. The number of rotatable bonds is 5. The number of aromatic nitrogens is 4. The number of aryl methyl sites for hydroxylation is 2. The maximum atomic E-state index is 13.1. The van der Waals surface area contributed by atoms with Crippen LogP contribution in [-0.2, 0) is 18.3 Å². The number of benzene rings is 1. The second-order valence-electron chi connectivity index (χ2n) is 8.63. The first kappa shape index (κ1) is 21.4. The summed E-state index contributed by atoms with van der Waals surface area (Å²) in [6, 6.07) is 12.0. The fourth-order valence-electron chi connectivity index (χ4n) is 4.25. The molecule has 1 amide bonds. The summed E-state index contributed by atoms with van der Waals surface area (Å²) in [4.78, 5) is 17.7. The molecule has 2 atom stereocenters. The zero-order valence-corrected chi connectivity index (χ0v) is 18.7. The lowest BCUT2D eigenvalue weighted by atomic mass is 10.1. The zero-order chi connectivity index (χ0) is 22.9. The molecule has 4 heterocycles. The van der Waals surface area contributed by atoms with Crippen LogP contribution in [0.1, 0.15) is 27.9 Å². The average molecular weight is 446 g/mol. The molecule has 1 fully saturated rings. The second-order valence-corrected chi connectivity index (χ2v) is 8.63. The van der Waals surface area contributed by atoms with Crippen LogP contribution in [0.4, 0.5) is 0 Å². The monoisotopic (exact) mass is 445 g/mol. The van der Waals surface area contributed by atoms with Crippen LogP contribution in [0.2, 0.25) is 0 Å². The molecule has 0 unspecified atom stereocenters. The minimum atomic E-state index is -0.705. The van der Waals surface area contributed by atoms with Crippen molar-refractivity contribution in [2.45, 2.75) is 32.0 Å². The van der Waals surface area contributed by atoms with E-state index in [9.17, 15) is 9.90 Å². The van der Waals surface area contributed by atoms with Gasteiger partial charge in [0.15, 0.2) is 0 Å². The van der Waals surface area contributed by atoms with Crippen LogP contribution in [0.25, 0.3) is 22.3 Å². The van der Waals surface area contributed by atoms with E-state index in [-0.39, 0.29) is 18.6 Å². The van der Waals surface area contributed by atoms with Gasteiger partial charge in [-0.15, -0.1) is 0 Å². The van der Waals surface area contributed by atoms with Gasteiger partial charge in [-0.25, -0.2) is 0 Å². The van der Waals surface area contributed by atoms with E-state index in [1.165, 1.54) is 0 Å². The average Bonchev–Trinajstić information content (AvgIpc) is 3.39. The standard InChI is InChI=1S/C25H27N5O3/c1-16-11-22-24(26-12-16)19(25(32)27-21-8-10-33-15-23(21)31)14-30(22)13-17-3-5-18(6-4-17)20-7-9-29(2)28-20/h3-7,9,11-12,14,21,23,31H,8,10,13,15H2,1-2H3,(H,27,32)/t21-,23-/m0/s1. The second kappa shape index (κ2) is 8.80. The Morgan fingerprint density at radius 2 is 2.09 bits per heavy atom. The number of nitrogens with zero attached hydrogens (tertiary/aromatic N) is 4. The van der Waals surface area contributed by atoms with Crippen molar-refractivity contribution in [2.75, 3.05) is 13.2 Å². The Bertz CT molecular complexity index is 1290. The van der Waals surface area contributed by atoms with Crippen LogP contribution in [0, 0.1) is 6.92 Å². The third-order valence-electron chi connectivity index (χ3n) is 6.06. The minimum Gasteiger partial charge on any atom is -0.389 e. The van der Waals surface area contributed by atoms with Gasteiger partial charge in [-0.1, -0.05) is 24.3 Å². The topological polar surface area (TPSA) is 94.2 Å². The van der Waals surface area contributed by atoms with Crippen LogP contribution in [0.5, 0.6) is 0 Å². The molecular weight excluding hydrogens is 418 g/mol. The third-order valence-corrected chi connectivity index (χ3v) is 6.06. The van der Waals surface area contributed by atoms with Gasteiger partial charge >= 0.3 is 0 Å². The quantitative estimate of drug-likeness (QED) is 0.493. The number of aliphatic hydroxyl groups excluding tert-OH is 1. The van der Waals surface area contributed by atoms with E-state index >= 15 is 0 Å². The lowest BCUT2D eigenvalue weighted by Crippen LogP contribution is -2.48. The molecule has 0 saturated carbocycles. The Kier molecular flexibility index (Phi) is 5.70. The van der Waals surface area contributed by atoms with Crippen LogP contribution in [0.3, 0.4) is 0 Å². The van der Waals surface area contributed by atoms with E-state index in [1.807, 2.05) is 38.5 Å². The fourth-order valence-corrected chi connectivity index (χ4v) is 4.25. The van der Waals surface area contributed by atoms with Gasteiger partial charge in [0, 0.05) is 44.4 Å².